The van der Waals surface area contributed by atoms with Crippen molar-refractivity contribution in [2.24, 2.45) is 0 Å². The highest BCUT2D eigenvalue weighted by atomic mass is 35.5. The summed E-state index contributed by atoms with van der Waals surface area (Å²) in [5.41, 5.74) is 2.15. The van der Waals surface area contributed by atoms with E-state index >= 15 is 0 Å². The molecule has 1 aromatic carbocycles. The number of halogens is 1. The van der Waals surface area contributed by atoms with Gasteiger partial charge in [0.15, 0.2) is 0 Å². The molecule has 0 radical (unpaired) electrons. The standard InChI is InChI=1S/C13H21ClN2O/c1-4-16(7-8-17)13-6-5-11(9-12(13)14)10(2)15-3/h5-6,9-10,15,17H,4,7-8H2,1-3H3. The lowest BCUT2D eigenvalue weighted by atomic mass is 10.1. The Balaban J connectivity index is 2.95. The Morgan fingerprint density at radius 3 is 2.65 bits per heavy atom. The van der Waals surface area contributed by atoms with Gasteiger partial charge in [0.2, 0.25) is 0 Å². The van der Waals surface area contributed by atoms with Crippen molar-refractivity contribution in [3.8, 4) is 0 Å². The van der Waals surface area contributed by atoms with Gasteiger partial charge in [-0.1, -0.05) is 17.7 Å². The topological polar surface area (TPSA) is 35.5 Å². The Morgan fingerprint density at radius 2 is 2.18 bits per heavy atom. The van der Waals surface area contributed by atoms with Gasteiger partial charge in [0, 0.05) is 19.1 Å². The Bertz CT molecular complexity index is 357. The van der Waals surface area contributed by atoms with E-state index < -0.39 is 0 Å². The van der Waals surface area contributed by atoms with Gasteiger partial charge < -0.3 is 15.3 Å². The average molecular weight is 257 g/mol. The molecule has 0 fully saturated rings. The second-order valence-electron chi connectivity index (χ2n) is 4.02. The van der Waals surface area contributed by atoms with E-state index in [1.807, 2.05) is 19.2 Å². The molecule has 1 aromatic rings. The predicted molar refractivity (Wildman–Crippen MR) is 73.9 cm³/mol. The van der Waals surface area contributed by atoms with Crippen molar-refractivity contribution in [3.63, 3.8) is 0 Å². The van der Waals surface area contributed by atoms with Crippen LogP contribution in [0.4, 0.5) is 5.69 Å². The van der Waals surface area contributed by atoms with Crippen molar-refractivity contribution < 1.29 is 5.11 Å². The first kappa shape index (κ1) is 14.3. The summed E-state index contributed by atoms with van der Waals surface area (Å²) < 4.78 is 0. The molecule has 0 amide bonds. The van der Waals surface area contributed by atoms with Crippen LogP contribution in [-0.2, 0) is 0 Å². The first-order chi connectivity index (χ1) is 8.13. The lowest BCUT2D eigenvalue weighted by Crippen LogP contribution is -2.26. The summed E-state index contributed by atoms with van der Waals surface area (Å²) in [6, 6.07) is 6.36. The van der Waals surface area contributed by atoms with Crippen molar-refractivity contribution in [1.29, 1.82) is 0 Å². The van der Waals surface area contributed by atoms with E-state index in [1.54, 1.807) is 0 Å². The summed E-state index contributed by atoms with van der Waals surface area (Å²) in [5, 5.41) is 12.9. The van der Waals surface area contributed by atoms with Crippen molar-refractivity contribution >= 4 is 17.3 Å². The highest BCUT2D eigenvalue weighted by Gasteiger charge is 2.10. The Hall–Kier alpha value is -0.770. The summed E-state index contributed by atoms with van der Waals surface area (Å²) >= 11 is 6.29. The minimum Gasteiger partial charge on any atom is -0.395 e. The predicted octanol–water partition coefficient (Wildman–Crippen LogP) is 2.44. The molecule has 2 N–H and O–H groups in total. The third kappa shape index (κ3) is 3.60. The normalized spacial score (nSPS) is 12.5. The molecule has 0 bridgehead atoms. The minimum absolute atomic E-state index is 0.138. The monoisotopic (exact) mass is 256 g/mol. The molecule has 96 valence electrons. The van der Waals surface area contributed by atoms with Crippen LogP contribution in [-0.4, -0.2) is 31.9 Å². The van der Waals surface area contributed by atoms with Gasteiger partial charge in [0.05, 0.1) is 17.3 Å². The first-order valence-corrected chi connectivity index (χ1v) is 6.34. The molecule has 0 heterocycles. The van der Waals surface area contributed by atoms with E-state index in [0.717, 1.165) is 17.3 Å². The largest absolute Gasteiger partial charge is 0.395 e. The molecule has 0 saturated heterocycles. The van der Waals surface area contributed by atoms with Crippen LogP contribution in [0.5, 0.6) is 0 Å². The lowest BCUT2D eigenvalue weighted by Gasteiger charge is -2.24. The molecule has 3 nitrogen and oxygen atoms in total. The second kappa shape index (κ2) is 6.84. The molecule has 1 unspecified atom stereocenters. The number of rotatable bonds is 6. The molecule has 1 rings (SSSR count). The van der Waals surface area contributed by atoms with E-state index in [-0.39, 0.29) is 12.6 Å². The zero-order valence-corrected chi connectivity index (χ0v) is 11.5. The van der Waals surface area contributed by atoms with E-state index in [9.17, 15) is 0 Å². The van der Waals surface area contributed by atoms with Crippen LogP contribution in [0.1, 0.15) is 25.5 Å². The quantitative estimate of drug-likeness (QED) is 0.821. The SMILES string of the molecule is CCN(CCO)c1ccc(C(C)NC)cc1Cl. The smallest absolute Gasteiger partial charge is 0.0642 e. The minimum atomic E-state index is 0.138. The lowest BCUT2D eigenvalue weighted by molar-refractivity contribution is 0.302. The first-order valence-electron chi connectivity index (χ1n) is 5.96. The maximum absolute atomic E-state index is 9.01. The van der Waals surface area contributed by atoms with Crippen molar-refractivity contribution in [3.05, 3.63) is 28.8 Å². The van der Waals surface area contributed by atoms with Gasteiger partial charge in [0.1, 0.15) is 0 Å². The van der Waals surface area contributed by atoms with E-state index in [2.05, 4.69) is 30.1 Å². The van der Waals surface area contributed by atoms with E-state index in [0.29, 0.717) is 6.54 Å². The number of hydrogen-bond acceptors (Lipinski definition) is 3. The zero-order chi connectivity index (χ0) is 12.8. The van der Waals surface area contributed by atoms with Gasteiger partial charge in [-0.2, -0.15) is 0 Å². The number of nitrogens with one attached hydrogen (secondary N) is 1. The van der Waals surface area contributed by atoms with Gasteiger partial charge >= 0.3 is 0 Å². The number of likely N-dealkylation sites (N-methyl/N-ethyl adjacent to an activating group) is 1. The number of aliphatic hydroxyl groups excluding tert-OH is 1. The Labute approximate surface area is 108 Å². The highest BCUT2D eigenvalue weighted by Crippen LogP contribution is 2.28. The van der Waals surface area contributed by atoms with Gasteiger partial charge in [-0.15, -0.1) is 0 Å². The summed E-state index contributed by atoms with van der Waals surface area (Å²) in [7, 11) is 1.93. The van der Waals surface area contributed by atoms with Crippen LogP contribution in [0.15, 0.2) is 18.2 Å². The fraction of sp³-hybridized carbons (Fsp3) is 0.538. The van der Waals surface area contributed by atoms with Crippen LogP contribution < -0.4 is 10.2 Å². The molecule has 0 aliphatic carbocycles. The molecule has 0 aliphatic rings. The van der Waals surface area contributed by atoms with Crippen molar-refractivity contribution in [2.75, 3.05) is 31.6 Å². The highest BCUT2D eigenvalue weighted by molar-refractivity contribution is 6.33. The van der Waals surface area contributed by atoms with Crippen LogP contribution in [0.2, 0.25) is 5.02 Å². The molecular formula is C13H21ClN2O. The summed E-state index contributed by atoms with van der Waals surface area (Å²) in [6.45, 7) is 5.73. The number of nitrogens with zero attached hydrogens (tertiary/aromatic N) is 1. The van der Waals surface area contributed by atoms with Crippen molar-refractivity contribution in [1.82, 2.24) is 5.32 Å². The molecular weight excluding hydrogens is 236 g/mol. The maximum atomic E-state index is 9.01. The summed E-state index contributed by atoms with van der Waals surface area (Å²) in [6.07, 6.45) is 0. The molecule has 17 heavy (non-hydrogen) atoms. The third-order valence-electron chi connectivity index (χ3n) is 3.00. The van der Waals surface area contributed by atoms with Gasteiger partial charge in [0.25, 0.3) is 0 Å². The van der Waals surface area contributed by atoms with Crippen LogP contribution in [0, 0.1) is 0 Å². The van der Waals surface area contributed by atoms with Crippen LogP contribution >= 0.6 is 11.6 Å². The molecule has 0 aliphatic heterocycles. The maximum Gasteiger partial charge on any atom is 0.0642 e. The van der Waals surface area contributed by atoms with E-state index in [4.69, 9.17) is 16.7 Å². The summed E-state index contributed by atoms with van der Waals surface area (Å²) in [4.78, 5) is 2.07. The van der Waals surface area contributed by atoms with Gasteiger partial charge in [-0.3, -0.25) is 0 Å². The van der Waals surface area contributed by atoms with Gasteiger partial charge in [-0.25, -0.2) is 0 Å². The van der Waals surface area contributed by atoms with Gasteiger partial charge in [-0.05, 0) is 38.6 Å². The second-order valence-corrected chi connectivity index (χ2v) is 4.43. The fourth-order valence-electron chi connectivity index (χ4n) is 1.79. The van der Waals surface area contributed by atoms with Crippen LogP contribution in [0.3, 0.4) is 0 Å². The number of aliphatic hydroxyl groups is 1. The van der Waals surface area contributed by atoms with E-state index in [1.165, 1.54) is 5.56 Å². The zero-order valence-electron chi connectivity index (χ0n) is 10.7. The molecule has 4 heteroatoms. The number of hydrogen-bond donors (Lipinski definition) is 2. The molecule has 0 aromatic heterocycles. The van der Waals surface area contributed by atoms with Crippen molar-refractivity contribution in [2.45, 2.75) is 19.9 Å². The average Bonchev–Trinajstić information content (AvgIpc) is 2.35. The molecule has 0 saturated carbocycles. The summed E-state index contributed by atoms with van der Waals surface area (Å²) in [5.74, 6) is 0. The number of anilines is 1. The fourth-order valence-corrected chi connectivity index (χ4v) is 2.09. The Kier molecular flexibility index (Phi) is 5.75. The number of benzene rings is 1. The Morgan fingerprint density at radius 1 is 1.47 bits per heavy atom. The molecule has 1 atom stereocenters. The van der Waals surface area contributed by atoms with Crippen LogP contribution in [0.25, 0.3) is 0 Å². The molecule has 0 spiro atoms. The third-order valence-corrected chi connectivity index (χ3v) is 3.30.